The lowest BCUT2D eigenvalue weighted by Crippen LogP contribution is -2.32. The van der Waals surface area contributed by atoms with Crippen LogP contribution in [-0.2, 0) is 14.4 Å². The molecule has 0 aliphatic rings. The first-order chi connectivity index (χ1) is 16.7. The van der Waals surface area contributed by atoms with Crippen molar-refractivity contribution in [2.24, 2.45) is 5.10 Å². The van der Waals surface area contributed by atoms with E-state index in [1.165, 1.54) is 6.21 Å². The van der Waals surface area contributed by atoms with E-state index in [1.807, 2.05) is 52.0 Å². The molecule has 0 heterocycles. The summed E-state index contributed by atoms with van der Waals surface area (Å²) in [7, 11) is 0. The van der Waals surface area contributed by atoms with E-state index in [1.54, 1.807) is 36.4 Å². The Morgan fingerprint density at radius 1 is 0.800 bits per heavy atom. The van der Waals surface area contributed by atoms with Gasteiger partial charge < -0.3 is 15.4 Å². The Hall–Kier alpha value is -4.46. The van der Waals surface area contributed by atoms with E-state index < -0.39 is 11.8 Å². The number of rotatable bonds is 7. The summed E-state index contributed by atoms with van der Waals surface area (Å²) < 4.78 is 5.53. The molecule has 0 aromatic heterocycles. The largest absolute Gasteiger partial charge is 0.484 e. The Kier molecular flexibility index (Phi) is 8.34. The van der Waals surface area contributed by atoms with Crippen molar-refractivity contribution in [1.29, 1.82) is 0 Å². The zero-order chi connectivity index (χ0) is 25.4. The predicted molar refractivity (Wildman–Crippen MR) is 137 cm³/mol. The number of aryl methyl sites for hydroxylation is 4. The Morgan fingerprint density at radius 2 is 1.51 bits per heavy atom. The molecule has 0 spiro atoms. The van der Waals surface area contributed by atoms with Crippen molar-refractivity contribution < 1.29 is 19.1 Å². The lowest BCUT2D eigenvalue weighted by atomic mass is 10.1. The second kappa shape index (κ2) is 11.6. The number of nitrogens with one attached hydrogen (secondary N) is 3. The standard InChI is InChI=1S/C27H28N4O4/c1-17-5-6-19(3)24(13-17)30-25(32)16-35-23-11-8-21(9-12-23)15-28-31-27(34)26(33)29-22-10-7-18(2)20(4)14-22/h5-15H,16H2,1-4H3,(H,29,33)(H,30,32)(H,31,34)/b28-15-. The van der Waals surface area contributed by atoms with Crippen molar-refractivity contribution in [3.8, 4) is 5.75 Å². The molecule has 8 nitrogen and oxygen atoms in total. The Balaban J connectivity index is 1.45. The van der Waals surface area contributed by atoms with Gasteiger partial charge in [0, 0.05) is 11.4 Å². The molecule has 0 aliphatic carbocycles. The molecule has 3 aromatic rings. The molecule has 3 rings (SSSR count). The molecular formula is C27H28N4O4. The summed E-state index contributed by atoms with van der Waals surface area (Å²) in [6.07, 6.45) is 1.40. The van der Waals surface area contributed by atoms with Crippen LogP contribution in [0.25, 0.3) is 0 Å². The molecule has 180 valence electrons. The third-order valence-electron chi connectivity index (χ3n) is 5.27. The summed E-state index contributed by atoms with van der Waals surface area (Å²) in [6.45, 7) is 7.64. The van der Waals surface area contributed by atoms with E-state index in [-0.39, 0.29) is 12.5 Å². The van der Waals surface area contributed by atoms with Gasteiger partial charge in [-0.05, 0) is 98.0 Å². The normalized spacial score (nSPS) is 10.6. The van der Waals surface area contributed by atoms with Crippen LogP contribution in [0.3, 0.4) is 0 Å². The molecule has 3 amide bonds. The Morgan fingerprint density at radius 3 is 2.23 bits per heavy atom. The van der Waals surface area contributed by atoms with E-state index in [2.05, 4.69) is 21.2 Å². The smallest absolute Gasteiger partial charge is 0.329 e. The number of benzene rings is 3. The first-order valence-corrected chi connectivity index (χ1v) is 11.0. The molecule has 0 bridgehead atoms. The van der Waals surface area contributed by atoms with E-state index >= 15 is 0 Å². The summed E-state index contributed by atoms with van der Waals surface area (Å²) in [5, 5.41) is 9.19. The second-order valence-corrected chi connectivity index (χ2v) is 8.18. The third kappa shape index (κ3) is 7.53. The Bertz CT molecular complexity index is 1270. The zero-order valence-corrected chi connectivity index (χ0v) is 20.1. The molecular weight excluding hydrogens is 444 g/mol. The predicted octanol–water partition coefficient (Wildman–Crippen LogP) is 4.03. The average Bonchev–Trinajstić information content (AvgIpc) is 2.83. The number of hydrazone groups is 1. The summed E-state index contributed by atoms with van der Waals surface area (Å²) in [6, 6.07) is 18.0. The number of amides is 3. The van der Waals surface area contributed by atoms with Gasteiger partial charge in [-0.1, -0.05) is 18.2 Å². The van der Waals surface area contributed by atoms with Gasteiger partial charge >= 0.3 is 11.8 Å². The quantitative estimate of drug-likeness (QED) is 0.274. The lowest BCUT2D eigenvalue weighted by Gasteiger charge is -2.10. The number of carbonyl (C=O) groups excluding carboxylic acids is 3. The van der Waals surface area contributed by atoms with Crippen molar-refractivity contribution in [2.75, 3.05) is 17.2 Å². The Labute approximate surface area is 204 Å². The summed E-state index contributed by atoms with van der Waals surface area (Å²) in [5.41, 5.74) is 8.30. The van der Waals surface area contributed by atoms with Gasteiger partial charge in [-0.15, -0.1) is 0 Å². The maximum atomic E-state index is 12.2. The van der Waals surface area contributed by atoms with Crippen LogP contribution in [-0.4, -0.2) is 30.5 Å². The molecule has 8 heteroatoms. The van der Waals surface area contributed by atoms with Crippen LogP contribution in [0, 0.1) is 27.7 Å². The van der Waals surface area contributed by atoms with Crippen molar-refractivity contribution >= 4 is 35.3 Å². The monoisotopic (exact) mass is 472 g/mol. The topological polar surface area (TPSA) is 109 Å². The minimum absolute atomic E-state index is 0.132. The molecule has 3 N–H and O–H groups in total. The molecule has 35 heavy (non-hydrogen) atoms. The zero-order valence-electron chi connectivity index (χ0n) is 20.1. The number of anilines is 2. The maximum Gasteiger partial charge on any atom is 0.329 e. The number of hydrogen-bond acceptors (Lipinski definition) is 5. The highest BCUT2D eigenvalue weighted by Gasteiger charge is 2.13. The van der Waals surface area contributed by atoms with Gasteiger partial charge in [-0.3, -0.25) is 14.4 Å². The van der Waals surface area contributed by atoms with Crippen LogP contribution in [0.4, 0.5) is 11.4 Å². The van der Waals surface area contributed by atoms with E-state index in [9.17, 15) is 14.4 Å². The van der Waals surface area contributed by atoms with Gasteiger partial charge in [0.15, 0.2) is 6.61 Å². The van der Waals surface area contributed by atoms with Crippen molar-refractivity contribution in [2.45, 2.75) is 27.7 Å². The molecule has 0 atom stereocenters. The van der Waals surface area contributed by atoms with Crippen LogP contribution in [0.1, 0.15) is 27.8 Å². The summed E-state index contributed by atoms with van der Waals surface area (Å²) in [4.78, 5) is 36.2. The number of ether oxygens (including phenoxy) is 1. The first kappa shape index (κ1) is 25.2. The highest BCUT2D eigenvalue weighted by atomic mass is 16.5. The average molecular weight is 473 g/mol. The van der Waals surface area contributed by atoms with Crippen LogP contribution < -0.4 is 20.8 Å². The van der Waals surface area contributed by atoms with Crippen LogP contribution >= 0.6 is 0 Å². The summed E-state index contributed by atoms with van der Waals surface area (Å²) in [5.74, 6) is -1.44. The van der Waals surface area contributed by atoms with Gasteiger partial charge in [0.1, 0.15) is 5.75 Å². The van der Waals surface area contributed by atoms with Crippen molar-refractivity contribution in [3.63, 3.8) is 0 Å². The van der Waals surface area contributed by atoms with E-state index in [4.69, 9.17) is 4.74 Å². The summed E-state index contributed by atoms with van der Waals surface area (Å²) >= 11 is 0. The molecule has 3 aromatic carbocycles. The maximum absolute atomic E-state index is 12.2. The fourth-order valence-electron chi connectivity index (χ4n) is 3.08. The molecule has 0 radical (unpaired) electrons. The van der Waals surface area contributed by atoms with Gasteiger partial charge in [-0.25, -0.2) is 5.43 Å². The number of nitrogens with zero attached hydrogens (tertiary/aromatic N) is 1. The van der Waals surface area contributed by atoms with Gasteiger partial charge in [0.05, 0.1) is 6.21 Å². The van der Waals surface area contributed by atoms with E-state index in [0.29, 0.717) is 17.0 Å². The fraction of sp³-hybridized carbons (Fsp3) is 0.185. The van der Waals surface area contributed by atoms with Gasteiger partial charge in [0.25, 0.3) is 5.91 Å². The van der Waals surface area contributed by atoms with Gasteiger partial charge in [0.2, 0.25) is 0 Å². The molecule has 0 fully saturated rings. The van der Waals surface area contributed by atoms with Crippen LogP contribution in [0.5, 0.6) is 5.75 Å². The third-order valence-corrected chi connectivity index (χ3v) is 5.27. The SMILES string of the molecule is Cc1ccc(C)c(NC(=O)COc2ccc(/C=N\NC(=O)C(=O)Nc3ccc(C)c(C)c3)cc2)c1. The van der Waals surface area contributed by atoms with Crippen molar-refractivity contribution in [3.05, 3.63) is 88.5 Å². The molecule has 0 aliphatic heterocycles. The van der Waals surface area contributed by atoms with Crippen LogP contribution in [0.15, 0.2) is 65.8 Å². The highest BCUT2D eigenvalue weighted by molar-refractivity contribution is 6.39. The van der Waals surface area contributed by atoms with Gasteiger partial charge in [-0.2, -0.15) is 5.10 Å². The molecule has 0 unspecified atom stereocenters. The van der Waals surface area contributed by atoms with Crippen molar-refractivity contribution in [1.82, 2.24) is 5.43 Å². The fourth-order valence-corrected chi connectivity index (χ4v) is 3.08. The number of hydrogen-bond donors (Lipinski definition) is 3. The van der Waals surface area contributed by atoms with Crippen LogP contribution in [0.2, 0.25) is 0 Å². The minimum atomic E-state index is -0.880. The molecule has 0 saturated carbocycles. The molecule has 0 saturated heterocycles. The minimum Gasteiger partial charge on any atom is -0.484 e. The second-order valence-electron chi connectivity index (χ2n) is 8.18. The van der Waals surface area contributed by atoms with E-state index in [0.717, 1.165) is 27.9 Å². The number of carbonyl (C=O) groups is 3. The highest BCUT2D eigenvalue weighted by Crippen LogP contribution is 2.17. The first-order valence-electron chi connectivity index (χ1n) is 11.0. The lowest BCUT2D eigenvalue weighted by molar-refractivity contribution is -0.136.